The molecule has 0 atom stereocenters. The number of hydrogen-bond donors (Lipinski definition) is 2. The van der Waals surface area contributed by atoms with Crippen LogP contribution in [0.2, 0.25) is 5.02 Å². The van der Waals surface area contributed by atoms with Gasteiger partial charge in [0.15, 0.2) is 0 Å². The maximum absolute atomic E-state index is 12.2. The van der Waals surface area contributed by atoms with Gasteiger partial charge in [0.2, 0.25) is 5.91 Å². The third kappa shape index (κ3) is 4.31. The topological polar surface area (TPSA) is 62.2 Å². The van der Waals surface area contributed by atoms with Gasteiger partial charge in [-0.2, -0.15) is 0 Å². The molecule has 3 rings (SSSR count). The van der Waals surface area contributed by atoms with Crippen molar-refractivity contribution >= 4 is 28.8 Å². The second kappa shape index (κ2) is 7.43. The molecule has 1 amide bonds. The highest BCUT2D eigenvalue weighted by molar-refractivity contribution is 7.15. The molecule has 1 aliphatic carbocycles. The average molecular weight is 351 g/mol. The third-order valence-electron chi connectivity index (χ3n) is 4.15. The van der Waals surface area contributed by atoms with E-state index < -0.39 is 0 Å². The molecule has 1 aromatic heterocycles. The number of amides is 1. The van der Waals surface area contributed by atoms with Crippen molar-refractivity contribution in [3.63, 3.8) is 0 Å². The molecule has 1 aromatic carbocycles. The van der Waals surface area contributed by atoms with Gasteiger partial charge in [0.05, 0.1) is 12.6 Å². The van der Waals surface area contributed by atoms with E-state index in [0.29, 0.717) is 11.6 Å². The van der Waals surface area contributed by atoms with Crippen molar-refractivity contribution in [1.29, 1.82) is 0 Å². The SMILES string of the molecule is O=C(NCc1cnc(-c2ccc(Cl)cc2)s1)C1CCC(O)CC1. The highest BCUT2D eigenvalue weighted by Gasteiger charge is 2.24. The van der Waals surface area contributed by atoms with Crippen LogP contribution >= 0.6 is 22.9 Å². The molecule has 0 radical (unpaired) electrons. The monoisotopic (exact) mass is 350 g/mol. The number of nitrogens with one attached hydrogen (secondary N) is 1. The normalized spacial score (nSPS) is 21.1. The number of nitrogens with zero attached hydrogens (tertiary/aromatic N) is 1. The predicted octanol–water partition coefficient (Wildman–Crippen LogP) is 3.63. The Hall–Kier alpha value is -1.43. The molecule has 0 aliphatic heterocycles. The quantitative estimate of drug-likeness (QED) is 0.885. The van der Waals surface area contributed by atoms with Crippen molar-refractivity contribution in [3.05, 3.63) is 40.4 Å². The zero-order valence-electron chi connectivity index (χ0n) is 12.7. The summed E-state index contributed by atoms with van der Waals surface area (Å²) in [4.78, 5) is 17.6. The lowest BCUT2D eigenvalue weighted by Gasteiger charge is -2.24. The fourth-order valence-electron chi connectivity index (χ4n) is 2.77. The lowest BCUT2D eigenvalue weighted by molar-refractivity contribution is -0.126. The van der Waals surface area contributed by atoms with Crippen molar-refractivity contribution in [2.24, 2.45) is 5.92 Å². The van der Waals surface area contributed by atoms with Crippen LogP contribution in [0.25, 0.3) is 10.6 Å². The predicted molar refractivity (Wildman–Crippen MR) is 92.4 cm³/mol. The molecule has 0 saturated heterocycles. The third-order valence-corrected chi connectivity index (χ3v) is 5.45. The molecule has 23 heavy (non-hydrogen) atoms. The summed E-state index contributed by atoms with van der Waals surface area (Å²) < 4.78 is 0. The van der Waals surface area contributed by atoms with Gasteiger partial charge >= 0.3 is 0 Å². The Morgan fingerprint density at radius 1 is 1.26 bits per heavy atom. The van der Waals surface area contributed by atoms with Crippen molar-refractivity contribution in [2.75, 3.05) is 0 Å². The van der Waals surface area contributed by atoms with Crippen LogP contribution < -0.4 is 5.32 Å². The van der Waals surface area contributed by atoms with Crippen LogP contribution in [0, 0.1) is 5.92 Å². The Bertz CT molecular complexity index is 663. The standard InChI is InChI=1S/C17H19ClN2O2S/c18-13-5-1-12(2-6-13)17-20-10-15(23-17)9-19-16(22)11-3-7-14(21)8-4-11/h1-2,5-6,10-11,14,21H,3-4,7-9H2,(H,19,22). The molecular weight excluding hydrogens is 332 g/mol. The van der Waals surface area contributed by atoms with Crippen molar-refractivity contribution in [1.82, 2.24) is 10.3 Å². The molecular formula is C17H19ClN2O2S. The van der Waals surface area contributed by atoms with E-state index in [0.717, 1.165) is 41.1 Å². The Balaban J connectivity index is 1.55. The number of aromatic nitrogens is 1. The highest BCUT2D eigenvalue weighted by atomic mass is 35.5. The smallest absolute Gasteiger partial charge is 0.223 e. The van der Waals surface area contributed by atoms with Crippen LogP contribution in [0.1, 0.15) is 30.6 Å². The average Bonchev–Trinajstić information content (AvgIpc) is 3.03. The van der Waals surface area contributed by atoms with Crippen molar-refractivity contribution in [3.8, 4) is 10.6 Å². The number of aliphatic hydroxyl groups is 1. The van der Waals surface area contributed by atoms with E-state index in [9.17, 15) is 9.90 Å². The second-order valence-corrected chi connectivity index (χ2v) is 7.41. The summed E-state index contributed by atoms with van der Waals surface area (Å²) in [5, 5.41) is 14.1. The van der Waals surface area contributed by atoms with Crippen molar-refractivity contribution in [2.45, 2.75) is 38.3 Å². The van der Waals surface area contributed by atoms with Gasteiger partial charge in [-0.3, -0.25) is 4.79 Å². The van der Waals surface area contributed by atoms with Crippen LogP contribution in [0.4, 0.5) is 0 Å². The van der Waals surface area contributed by atoms with Gasteiger partial charge in [-0.15, -0.1) is 11.3 Å². The second-order valence-electron chi connectivity index (χ2n) is 5.86. The molecule has 0 unspecified atom stereocenters. The van der Waals surface area contributed by atoms with Gasteiger partial charge in [-0.25, -0.2) is 4.98 Å². The first-order valence-corrected chi connectivity index (χ1v) is 8.97. The molecule has 1 aliphatic rings. The van der Waals surface area contributed by atoms with Gasteiger partial charge in [0.1, 0.15) is 5.01 Å². The molecule has 2 aromatic rings. The van der Waals surface area contributed by atoms with Crippen LogP contribution in [-0.4, -0.2) is 22.1 Å². The first-order chi connectivity index (χ1) is 11.1. The summed E-state index contributed by atoms with van der Waals surface area (Å²) in [5.74, 6) is 0.111. The Labute approximate surface area is 144 Å². The fraction of sp³-hybridized carbons (Fsp3) is 0.412. The zero-order chi connectivity index (χ0) is 16.2. The lowest BCUT2D eigenvalue weighted by atomic mass is 9.87. The number of rotatable bonds is 4. The van der Waals surface area contributed by atoms with E-state index in [4.69, 9.17) is 11.6 Å². The first-order valence-electron chi connectivity index (χ1n) is 7.78. The number of carbonyl (C=O) groups excluding carboxylic acids is 1. The minimum absolute atomic E-state index is 0.0297. The van der Waals surface area contributed by atoms with E-state index in [2.05, 4.69) is 10.3 Å². The van der Waals surface area contributed by atoms with Crippen molar-refractivity contribution < 1.29 is 9.90 Å². The van der Waals surface area contributed by atoms with Crippen LogP contribution in [-0.2, 0) is 11.3 Å². The molecule has 6 heteroatoms. The molecule has 1 saturated carbocycles. The van der Waals surface area contributed by atoms with Gasteiger partial charge in [0.25, 0.3) is 0 Å². The number of benzene rings is 1. The molecule has 2 N–H and O–H groups in total. The maximum Gasteiger partial charge on any atom is 0.223 e. The number of aliphatic hydroxyl groups excluding tert-OH is 1. The Kier molecular flexibility index (Phi) is 5.30. The summed E-state index contributed by atoms with van der Waals surface area (Å²) in [6.07, 6.45) is 4.55. The van der Waals surface area contributed by atoms with Gasteiger partial charge < -0.3 is 10.4 Å². The Morgan fingerprint density at radius 2 is 1.96 bits per heavy atom. The van der Waals surface area contributed by atoms with Gasteiger partial charge in [0, 0.05) is 27.6 Å². The largest absolute Gasteiger partial charge is 0.393 e. The fourth-order valence-corrected chi connectivity index (χ4v) is 3.76. The maximum atomic E-state index is 12.2. The first kappa shape index (κ1) is 16.4. The minimum Gasteiger partial charge on any atom is -0.393 e. The molecule has 1 fully saturated rings. The summed E-state index contributed by atoms with van der Waals surface area (Å²) in [6, 6.07) is 7.57. The molecule has 0 bridgehead atoms. The van der Waals surface area contributed by atoms with E-state index >= 15 is 0 Å². The van der Waals surface area contributed by atoms with Crippen LogP contribution in [0.5, 0.6) is 0 Å². The number of hydrogen-bond acceptors (Lipinski definition) is 4. The van der Waals surface area contributed by atoms with Gasteiger partial charge in [-0.05, 0) is 37.8 Å². The zero-order valence-corrected chi connectivity index (χ0v) is 14.2. The molecule has 4 nitrogen and oxygen atoms in total. The summed E-state index contributed by atoms with van der Waals surface area (Å²) in [6.45, 7) is 0.503. The van der Waals surface area contributed by atoms with E-state index in [-0.39, 0.29) is 17.9 Å². The Morgan fingerprint density at radius 3 is 2.65 bits per heavy atom. The summed E-state index contributed by atoms with van der Waals surface area (Å²) in [7, 11) is 0. The molecule has 1 heterocycles. The molecule has 122 valence electrons. The van der Waals surface area contributed by atoms with Crippen LogP contribution in [0.15, 0.2) is 30.5 Å². The number of thiazole rings is 1. The highest BCUT2D eigenvalue weighted by Crippen LogP contribution is 2.27. The summed E-state index contributed by atoms with van der Waals surface area (Å²) in [5.41, 5.74) is 1.03. The van der Waals surface area contributed by atoms with E-state index in [1.165, 1.54) is 0 Å². The molecule has 0 spiro atoms. The van der Waals surface area contributed by atoms with E-state index in [1.54, 1.807) is 17.5 Å². The van der Waals surface area contributed by atoms with Gasteiger partial charge in [-0.1, -0.05) is 23.7 Å². The number of carbonyl (C=O) groups is 1. The van der Waals surface area contributed by atoms with E-state index in [1.807, 2.05) is 24.3 Å². The number of halogens is 1. The minimum atomic E-state index is -0.234. The lowest BCUT2D eigenvalue weighted by Crippen LogP contribution is -2.33. The van der Waals surface area contributed by atoms with Crippen LogP contribution in [0.3, 0.4) is 0 Å². The summed E-state index contributed by atoms with van der Waals surface area (Å²) >= 11 is 7.46.